The zero-order chi connectivity index (χ0) is 13.7. The number of hydrogen-bond donors (Lipinski definition) is 1. The van der Waals surface area contributed by atoms with Crippen LogP contribution in [0.15, 0.2) is 16.8 Å². The smallest absolute Gasteiger partial charge is 0.160 e. The van der Waals surface area contributed by atoms with Crippen molar-refractivity contribution in [1.29, 1.82) is 0 Å². The normalized spacial score (nSPS) is 10.9. The van der Waals surface area contributed by atoms with Crippen LogP contribution >= 0.6 is 11.3 Å². The van der Waals surface area contributed by atoms with Crippen molar-refractivity contribution in [3.63, 3.8) is 0 Å². The molecule has 0 fully saturated rings. The maximum Gasteiger partial charge on any atom is 0.160 e. The van der Waals surface area contributed by atoms with E-state index in [9.17, 15) is 0 Å². The van der Waals surface area contributed by atoms with Crippen LogP contribution in [0, 0.1) is 0 Å². The highest BCUT2D eigenvalue weighted by Crippen LogP contribution is 2.22. The van der Waals surface area contributed by atoms with E-state index in [1.54, 1.807) is 11.3 Å². The summed E-state index contributed by atoms with van der Waals surface area (Å²) in [6.07, 6.45) is 2.93. The van der Waals surface area contributed by atoms with Crippen LogP contribution in [0.4, 0.5) is 0 Å². The number of rotatable bonds is 6. The zero-order valence-electron chi connectivity index (χ0n) is 11.9. The van der Waals surface area contributed by atoms with Gasteiger partial charge >= 0.3 is 0 Å². The number of aromatic nitrogens is 2. The summed E-state index contributed by atoms with van der Waals surface area (Å²) in [4.78, 5) is 9.53. The Morgan fingerprint density at radius 2 is 1.84 bits per heavy atom. The maximum absolute atomic E-state index is 4.76. The quantitative estimate of drug-likeness (QED) is 0.880. The predicted octanol–water partition coefficient (Wildman–Crippen LogP) is 3.09. The van der Waals surface area contributed by atoms with E-state index in [0.29, 0.717) is 0 Å². The second-order valence-electron chi connectivity index (χ2n) is 4.49. The van der Waals surface area contributed by atoms with Crippen molar-refractivity contribution < 1.29 is 0 Å². The zero-order valence-corrected chi connectivity index (χ0v) is 12.7. The van der Waals surface area contributed by atoms with E-state index in [1.807, 2.05) is 7.05 Å². The van der Waals surface area contributed by atoms with Gasteiger partial charge in [-0.1, -0.05) is 13.8 Å². The van der Waals surface area contributed by atoms with Gasteiger partial charge < -0.3 is 5.32 Å². The highest BCUT2D eigenvalue weighted by Gasteiger charge is 2.13. The summed E-state index contributed by atoms with van der Waals surface area (Å²) < 4.78 is 0. The molecule has 0 saturated heterocycles. The van der Waals surface area contributed by atoms with Crippen molar-refractivity contribution in [2.75, 3.05) is 13.6 Å². The van der Waals surface area contributed by atoms with Gasteiger partial charge in [0.15, 0.2) is 5.82 Å². The fourth-order valence-electron chi connectivity index (χ4n) is 2.23. The molecule has 0 atom stereocenters. The van der Waals surface area contributed by atoms with Gasteiger partial charge in [0.25, 0.3) is 0 Å². The van der Waals surface area contributed by atoms with Crippen LogP contribution in [0.2, 0.25) is 0 Å². The molecule has 0 aliphatic heterocycles. The molecule has 102 valence electrons. The summed E-state index contributed by atoms with van der Waals surface area (Å²) in [5, 5.41) is 7.39. The van der Waals surface area contributed by atoms with Crippen molar-refractivity contribution >= 4 is 11.3 Å². The van der Waals surface area contributed by atoms with E-state index in [4.69, 9.17) is 9.97 Å². The van der Waals surface area contributed by atoms with E-state index in [-0.39, 0.29) is 0 Å². The van der Waals surface area contributed by atoms with E-state index < -0.39 is 0 Å². The van der Waals surface area contributed by atoms with Crippen LogP contribution in [0.3, 0.4) is 0 Å². The van der Waals surface area contributed by atoms with E-state index in [0.717, 1.165) is 37.2 Å². The summed E-state index contributed by atoms with van der Waals surface area (Å²) in [6.45, 7) is 5.31. The van der Waals surface area contributed by atoms with Gasteiger partial charge in [0.05, 0.1) is 0 Å². The summed E-state index contributed by atoms with van der Waals surface area (Å²) >= 11 is 1.69. The Labute approximate surface area is 119 Å². The SMILES string of the molecule is CCc1nc(-c2ccsc2)nc(CC)c1CCNC. The van der Waals surface area contributed by atoms with Crippen LogP contribution in [-0.2, 0) is 19.3 Å². The lowest BCUT2D eigenvalue weighted by molar-refractivity contribution is 0.760. The molecule has 2 aromatic heterocycles. The molecule has 2 aromatic rings. The number of thiophene rings is 1. The van der Waals surface area contributed by atoms with Gasteiger partial charge in [-0.2, -0.15) is 11.3 Å². The highest BCUT2D eigenvalue weighted by atomic mass is 32.1. The number of hydrogen-bond acceptors (Lipinski definition) is 4. The molecular weight excluding hydrogens is 254 g/mol. The molecule has 1 N–H and O–H groups in total. The first-order valence-electron chi connectivity index (χ1n) is 6.85. The fourth-order valence-corrected chi connectivity index (χ4v) is 2.86. The molecule has 0 bridgehead atoms. The lowest BCUT2D eigenvalue weighted by Crippen LogP contribution is -2.15. The Hall–Kier alpha value is -1.26. The number of nitrogens with one attached hydrogen (secondary N) is 1. The second kappa shape index (κ2) is 6.78. The summed E-state index contributed by atoms with van der Waals surface area (Å²) in [6, 6.07) is 2.09. The van der Waals surface area contributed by atoms with Gasteiger partial charge in [-0.05, 0) is 49.9 Å². The van der Waals surface area contributed by atoms with Gasteiger partial charge in [-0.15, -0.1) is 0 Å². The first-order valence-corrected chi connectivity index (χ1v) is 7.80. The maximum atomic E-state index is 4.76. The predicted molar refractivity (Wildman–Crippen MR) is 81.7 cm³/mol. The Morgan fingerprint density at radius 3 is 2.32 bits per heavy atom. The third-order valence-corrected chi connectivity index (χ3v) is 3.94. The molecule has 2 heterocycles. The molecule has 0 aliphatic carbocycles. The molecule has 0 amide bonds. The first-order chi connectivity index (χ1) is 9.30. The lowest BCUT2D eigenvalue weighted by atomic mass is 10.0. The monoisotopic (exact) mass is 275 g/mol. The molecular formula is C15H21N3S. The Balaban J connectivity index is 2.45. The molecule has 0 radical (unpaired) electrons. The molecule has 0 spiro atoms. The minimum Gasteiger partial charge on any atom is -0.319 e. The second-order valence-corrected chi connectivity index (χ2v) is 5.27. The molecule has 0 saturated carbocycles. The van der Waals surface area contributed by atoms with Crippen LogP contribution in [-0.4, -0.2) is 23.6 Å². The van der Waals surface area contributed by atoms with Crippen molar-refractivity contribution in [2.24, 2.45) is 0 Å². The van der Waals surface area contributed by atoms with E-state index in [1.165, 1.54) is 17.0 Å². The lowest BCUT2D eigenvalue weighted by Gasteiger charge is -2.13. The Morgan fingerprint density at radius 1 is 1.16 bits per heavy atom. The summed E-state index contributed by atoms with van der Waals surface area (Å²) in [7, 11) is 1.98. The van der Waals surface area contributed by atoms with E-state index >= 15 is 0 Å². The van der Waals surface area contributed by atoms with Gasteiger partial charge in [0, 0.05) is 22.3 Å². The Bertz CT molecular complexity index is 495. The molecule has 0 unspecified atom stereocenters. The third kappa shape index (κ3) is 3.19. The molecule has 0 aromatic carbocycles. The first kappa shape index (κ1) is 14.2. The van der Waals surface area contributed by atoms with Gasteiger partial charge in [0.1, 0.15) is 0 Å². The fraction of sp³-hybridized carbons (Fsp3) is 0.467. The van der Waals surface area contributed by atoms with Gasteiger partial charge in [0.2, 0.25) is 0 Å². The van der Waals surface area contributed by atoms with E-state index in [2.05, 4.69) is 36.0 Å². The van der Waals surface area contributed by atoms with Crippen LogP contribution < -0.4 is 5.32 Å². The largest absolute Gasteiger partial charge is 0.319 e. The number of likely N-dealkylation sites (N-methyl/N-ethyl adjacent to an activating group) is 1. The van der Waals surface area contributed by atoms with Crippen molar-refractivity contribution in [3.8, 4) is 11.4 Å². The van der Waals surface area contributed by atoms with Crippen molar-refractivity contribution in [3.05, 3.63) is 33.8 Å². The minimum absolute atomic E-state index is 0.878. The Kier molecular flexibility index (Phi) is 5.05. The summed E-state index contributed by atoms with van der Waals surface area (Å²) in [5.41, 5.74) is 4.86. The standard InChI is InChI=1S/C15H21N3S/c1-4-13-12(6-8-16-3)14(5-2)18-15(17-13)11-7-9-19-10-11/h7,9-10,16H,4-6,8H2,1-3H3. The molecule has 4 heteroatoms. The number of nitrogens with zero attached hydrogens (tertiary/aromatic N) is 2. The topological polar surface area (TPSA) is 37.8 Å². The minimum atomic E-state index is 0.878. The molecule has 3 nitrogen and oxygen atoms in total. The van der Waals surface area contributed by atoms with Gasteiger partial charge in [-0.25, -0.2) is 9.97 Å². The van der Waals surface area contributed by atoms with Crippen LogP contribution in [0.5, 0.6) is 0 Å². The number of aryl methyl sites for hydroxylation is 2. The molecule has 19 heavy (non-hydrogen) atoms. The molecule has 0 aliphatic rings. The van der Waals surface area contributed by atoms with Crippen molar-refractivity contribution in [1.82, 2.24) is 15.3 Å². The average Bonchev–Trinajstić information content (AvgIpc) is 2.98. The summed E-state index contributed by atoms with van der Waals surface area (Å²) in [5.74, 6) is 0.878. The van der Waals surface area contributed by atoms with Crippen LogP contribution in [0.1, 0.15) is 30.8 Å². The average molecular weight is 275 g/mol. The third-order valence-electron chi connectivity index (χ3n) is 3.25. The van der Waals surface area contributed by atoms with Crippen molar-refractivity contribution in [2.45, 2.75) is 33.1 Å². The van der Waals surface area contributed by atoms with Gasteiger partial charge in [-0.3, -0.25) is 0 Å². The highest BCUT2D eigenvalue weighted by molar-refractivity contribution is 7.08. The van der Waals surface area contributed by atoms with Crippen LogP contribution in [0.25, 0.3) is 11.4 Å². The molecule has 2 rings (SSSR count).